The molecule has 0 aliphatic carbocycles. The molecule has 0 bridgehead atoms. The summed E-state index contributed by atoms with van der Waals surface area (Å²) in [6, 6.07) is 11.0. The maximum Gasteiger partial charge on any atom is 0.0543 e. The van der Waals surface area contributed by atoms with E-state index in [0.29, 0.717) is 12.1 Å². The summed E-state index contributed by atoms with van der Waals surface area (Å²) >= 11 is 0. The molecule has 0 aliphatic heterocycles. The van der Waals surface area contributed by atoms with Gasteiger partial charge in [-0.1, -0.05) is 30.3 Å². The highest BCUT2D eigenvalue weighted by atomic mass is 16.5. The van der Waals surface area contributed by atoms with Gasteiger partial charge in [-0.2, -0.15) is 0 Å². The maximum absolute atomic E-state index is 5.25. The van der Waals surface area contributed by atoms with E-state index < -0.39 is 0 Å². The van der Waals surface area contributed by atoms with Crippen LogP contribution in [0.2, 0.25) is 0 Å². The molecule has 0 spiro atoms. The first-order valence-corrected chi connectivity index (χ1v) is 5.53. The van der Waals surface area contributed by atoms with Crippen LogP contribution in [-0.4, -0.2) is 20.3 Å². The van der Waals surface area contributed by atoms with Gasteiger partial charge in [0.1, 0.15) is 0 Å². The highest BCUT2D eigenvalue weighted by molar-refractivity contribution is 5.18. The molecule has 1 aromatic carbocycles. The number of nitrogens with one attached hydrogen (secondary N) is 1. The minimum Gasteiger partial charge on any atom is -0.382 e. The Labute approximate surface area is 92.6 Å². The fourth-order valence-electron chi connectivity index (χ4n) is 1.68. The number of methoxy groups -OCH3 is 1. The molecule has 2 nitrogen and oxygen atoms in total. The predicted octanol–water partition coefficient (Wildman–Crippen LogP) is 2.76. The highest BCUT2D eigenvalue weighted by Crippen LogP contribution is 2.18. The van der Waals surface area contributed by atoms with Crippen molar-refractivity contribution >= 4 is 0 Å². The van der Waals surface area contributed by atoms with E-state index in [-0.39, 0.29) is 0 Å². The van der Waals surface area contributed by atoms with Gasteiger partial charge in [0.2, 0.25) is 0 Å². The van der Waals surface area contributed by atoms with Crippen LogP contribution in [-0.2, 0) is 4.74 Å². The number of hydrogen-bond donors (Lipinski definition) is 1. The summed E-state index contributed by atoms with van der Waals surface area (Å²) in [5.74, 6) is 0. The number of rotatable bonds is 6. The van der Waals surface area contributed by atoms with Crippen molar-refractivity contribution in [3.63, 3.8) is 0 Å². The van der Waals surface area contributed by atoms with Crippen LogP contribution in [0.1, 0.15) is 31.4 Å². The Morgan fingerprint density at radius 2 is 1.87 bits per heavy atom. The average molecular weight is 207 g/mol. The fourth-order valence-corrected chi connectivity index (χ4v) is 1.68. The molecule has 0 saturated heterocycles. The summed E-state index contributed by atoms with van der Waals surface area (Å²) in [4.78, 5) is 0. The van der Waals surface area contributed by atoms with Crippen LogP contribution in [0, 0.1) is 0 Å². The lowest BCUT2D eigenvalue weighted by Gasteiger charge is -2.18. The third kappa shape index (κ3) is 4.02. The Kier molecular flexibility index (Phi) is 5.37. The van der Waals surface area contributed by atoms with E-state index >= 15 is 0 Å². The van der Waals surface area contributed by atoms with Gasteiger partial charge in [-0.25, -0.2) is 0 Å². The molecule has 0 heterocycles. The first-order valence-electron chi connectivity index (χ1n) is 5.53. The molecule has 15 heavy (non-hydrogen) atoms. The second-order valence-corrected chi connectivity index (χ2v) is 3.88. The zero-order chi connectivity index (χ0) is 11.1. The molecule has 0 fully saturated rings. The summed E-state index contributed by atoms with van der Waals surface area (Å²) in [6.07, 6.45) is 2.52. The van der Waals surface area contributed by atoms with Gasteiger partial charge in [-0.15, -0.1) is 0 Å². The summed E-state index contributed by atoms with van der Waals surface area (Å²) in [7, 11) is 3.77. The summed E-state index contributed by atoms with van der Waals surface area (Å²) < 4.78 is 5.25. The van der Waals surface area contributed by atoms with Gasteiger partial charge in [0.15, 0.2) is 0 Å². The molecule has 0 aromatic heterocycles. The van der Waals surface area contributed by atoms with E-state index in [1.807, 2.05) is 13.1 Å². The summed E-state index contributed by atoms with van der Waals surface area (Å²) in [5, 5.41) is 3.34. The number of ether oxygens (including phenoxy) is 1. The van der Waals surface area contributed by atoms with Gasteiger partial charge in [0, 0.05) is 13.2 Å². The van der Waals surface area contributed by atoms with Gasteiger partial charge in [0.05, 0.1) is 6.10 Å². The first-order chi connectivity index (χ1) is 7.27. The lowest BCUT2D eigenvalue weighted by atomic mass is 10.0. The topological polar surface area (TPSA) is 21.3 Å². The molecule has 0 saturated carbocycles. The number of hydrogen-bond acceptors (Lipinski definition) is 2. The Hall–Kier alpha value is -0.860. The van der Waals surface area contributed by atoms with E-state index in [4.69, 9.17) is 4.74 Å². The van der Waals surface area contributed by atoms with Gasteiger partial charge in [-0.05, 0) is 32.4 Å². The second kappa shape index (κ2) is 6.59. The van der Waals surface area contributed by atoms with E-state index in [2.05, 4.69) is 36.5 Å². The molecular weight excluding hydrogens is 186 g/mol. The van der Waals surface area contributed by atoms with Crippen molar-refractivity contribution < 1.29 is 4.74 Å². The molecular formula is C13H21NO. The molecule has 1 rings (SSSR count). The van der Waals surface area contributed by atoms with Crippen LogP contribution in [0.15, 0.2) is 30.3 Å². The molecule has 2 heteroatoms. The molecule has 2 atom stereocenters. The fraction of sp³-hybridized carbons (Fsp3) is 0.538. The maximum atomic E-state index is 5.25. The standard InChI is InChI=1S/C13H21NO/c1-11(15-3)9-10-13(14-2)12-7-5-4-6-8-12/h4-8,11,13-14H,9-10H2,1-3H3. The zero-order valence-electron chi connectivity index (χ0n) is 9.86. The smallest absolute Gasteiger partial charge is 0.0543 e. The number of benzene rings is 1. The first kappa shape index (κ1) is 12.2. The predicted molar refractivity (Wildman–Crippen MR) is 63.9 cm³/mol. The van der Waals surface area contributed by atoms with Crippen LogP contribution >= 0.6 is 0 Å². The molecule has 1 aromatic rings. The van der Waals surface area contributed by atoms with Crippen molar-refractivity contribution in [1.82, 2.24) is 5.32 Å². The third-order valence-electron chi connectivity index (χ3n) is 2.81. The van der Waals surface area contributed by atoms with Crippen molar-refractivity contribution in [1.29, 1.82) is 0 Å². The van der Waals surface area contributed by atoms with Gasteiger partial charge >= 0.3 is 0 Å². The van der Waals surface area contributed by atoms with E-state index in [0.717, 1.165) is 12.8 Å². The second-order valence-electron chi connectivity index (χ2n) is 3.88. The van der Waals surface area contributed by atoms with Crippen LogP contribution in [0.3, 0.4) is 0 Å². The van der Waals surface area contributed by atoms with Crippen molar-refractivity contribution in [2.24, 2.45) is 0 Å². The third-order valence-corrected chi connectivity index (χ3v) is 2.81. The van der Waals surface area contributed by atoms with Gasteiger partial charge in [0.25, 0.3) is 0 Å². The molecule has 84 valence electrons. The van der Waals surface area contributed by atoms with E-state index in [9.17, 15) is 0 Å². The van der Waals surface area contributed by atoms with Crippen LogP contribution in [0.4, 0.5) is 0 Å². The van der Waals surface area contributed by atoms with Gasteiger partial charge in [-0.3, -0.25) is 0 Å². The normalized spacial score (nSPS) is 14.9. The quantitative estimate of drug-likeness (QED) is 0.774. The van der Waals surface area contributed by atoms with Crippen LogP contribution < -0.4 is 5.32 Å². The Morgan fingerprint density at radius 3 is 2.40 bits per heavy atom. The van der Waals surface area contributed by atoms with Crippen molar-refractivity contribution in [2.45, 2.75) is 31.9 Å². The van der Waals surface area contributed by atoms with Crippen molar-refractivity contribution in [3.05, 3.63) is 35.9 Å². The van der Waals surface area contributed by atoms with Crippen molar-refractivity contribution in [3.8, 4) is 0 Å². The summed E-state index contributed by atoms with van der Waals surface area (Å²) in [6.45, 7) is 2.11. The van der Waals surface area contributed by atoms with Crippen LogP contribution in [0.5, 0.6) is 0 Å². The minimum atomic E-state index is 0.338. The van der Waals surface area contributed by atoms with E-state index in [1.54, 1.807) is 7.11 Å². The molecule has 0 amide bonds. The lowest BCUT2D eigenvalue weighted by Crippen LogP contribution is -2.18. The zero-order valence-corrected chi connectivity index (χ0v) is 9.86. The molecule has 2 unspecified atom stereocenters. The molecule has 0 aliphatic rings. The Bertz CT molecular complexity index is 260. The Balaban J connectivity index is 2.50. The van der Waals surface area contributed by atoms with Gasteiger partial charge < -0.3 is 10.1 Å². The monoisotopic (exact) mass is 207 g/mol. The van der Waals surface area contributed by atoms with E-state index in [1.165, 1.54) is 5.56 Å². The SMILES string of the molecule is CNC(CCC(C)OC)c1ccccc1. The lowest BCUT2D eigenvalue weighted by molar-refractivity contribution is 0.106. The largest absolute Gasteiger partial charge is 0.382 e. The summed E-state index contributed by atoms with van der Waals surface area (Å²) in [5.41, 5.74) is 1.35. The Morgan fingerprint density at radius 1 is 1.20 bits per heavy atom. The molecule has 0 radical (unpaired) electrons. The average Bonchev–Trinajstić information content (AvgIpc) is 2.31. The minimum absolute atomic E-state index is 0.338. The van der Waals surface area contributed by atoms with Crippen LogP contribution in [0.25, 0.3) is 0 Å². The highest BCUT2D eigenvalue weighted by Gasteiger charge is 2.10. The molecule has 1 N–H and O–H groups in total. The van der Waals surface area contributed by atoms with Crippen molar-refractivity contribution in [2.75, 3.05) is 14.2 Å².